The summed E-state index contributed by atoms with van der Waals surface area (Å²) in [4.78, 5) is 4.44. The summed E-state index contributed by atoms with van der Waals surface area (Å²) in [7, 11) is 3.17. The van der Waals surface area contributed by atoms with Gasteiger partial charge < -0.3 is 19.3 Å². The number of hydrogen-bond donors (Lipinski definition) is 0. The van der Waals surface area contributed by atoms with Crippen LogP contribution in [0.1, 0.15) is 27.7 Å². The van der Waals surface area contributed by atoms with Crippen molar-refractivity contribution in [2.75, 3.05) is 26.2 Å². The second kappa shape index (κ2) is 8.48. The first kappa shape index (κ1) is 18.7. The normalized spacial score (nSPS) is 32.9. The average molecular weight is 381 g/mol. The lowest BCUT2D eigenvalue weighted by atomic mass is 10.2. The monoisotopic (exact) mass is 380 g/mol. The van der Waals surface area contributed by atoms with Crippen LogP contribution in [0.3, 0.4) is 0 Å². The molecule has 0 aromatic heterocycles. The first-order valence-electron chi connectivity index (χ1n) is 7.58. The molecule has 0 unspecified atom stereocenters. The molecule has 0 aromatic carbocycles. The van der Waals surface area contributed by atoms with Crippen LogP contribution in [-0.4, -0.2) is 69.0 Å². The lowest BCUT2D eigenvalue weighted by Gasteiger charge is -2.37. The van der Waals surface area contributed by atoms with Gasteiger partial charge in [-0.3, -0.25) is 0 Å². The van der Waals surface area contributed by atoms with Gasteiger partial charge in [0.05, 0.1) is 24.4 Å². The highest BCUT2D eigenvalue weighted by Crippen LogP contribution is 2.30. The Kier molecular flexibility index (Phi) is 7.22. The van der Waals surface area contributed by atoms with Crippen LogP contribution >= 0.6 is 46.0 Å². The van der Waals surface area contributed by atoms with Gasteiger partial charge in [0.15, 0.2) is 0 Å². The number of morpholine rings is 2. The maximum atomic E-state index is 5.75. The molecule has 0 bridgehead atoms. The van der Waals surface area contributed by atoms with E-state index in [1.54, 1.807) is 21.6 Å². The van der Waals surface area contributed by atoms with Crippen molar-refractivity contribution in [2.45, 2.75) is 52.1 Å². The Bertz CT molecular complexity index is 366. The molecule has 0 saturated carbocycles. The molecule has 8 heteroatoms. The molecule has 2 heterocycles. The third-order valence-corrected chi connectivity index (χ3v) is 7.27. The molecule has 4 nitrogen and oxygen atoms in total. The fraction of sp³-hybridized carbons (Fsp3) is 0.857. The van der Waals surface area contributed by atoms with Gasteiger partial charge in [-0.25, -0.2) is 0 Å². The minimum Gasteiger partial charge on any atom is -0.372 e. The Balaban J connectivity index is 1.79. The minimum atomic E-state index is 0.222. The van der Waals surface area contributed by atoms with Crippen LogP contribution in [0.4, 0.5) is 0 Å². The van der Waals surface area contributed by atoms with Crippen LogP contribution in [0.15, 0.2) is 0 Å². The number of thiocarbonyl (C=S) groups is 2. The van der Waals surface area contributed by atoms with Crippen LogP contribution < -0.4 is 0 Å². The molecule has 0 radical (unpaired) electrons. The largest absolute Gasteiger partial charge is 0.372 e. The third-order valence-electron chi connectivity index (χ3n) is 3.54. The van der Waals surface area contributed by atoms with Crippen molar-refractivity contribution in [3.8, 4) is 0 Å². The van der Waals surface area contributed by atoms with Gasteiger partial charge in [-0.2, -0.15) is 0 Å². The minimum absolute atomic E-state index is 0.222. The van der Waals surface area contributed by atoms with Crippen molar-refractivity contribution in [3.05, 3.63) is 0 Å². The van der Waals surface area contributed by atoms with Crippen molar-refractivity contribution >= 4 is 54.7 Å². The number of hydrogen-bond acceptors (Lipinski definition) is 6. The standard InChI is InChI=1S/C14H24N2O2S4/c1-9-5-15(6-10(2)17-9)13(19)21-22-14(20)16-7-11(3)18-12(4)8-16/h9-12H,5-8H2,1-4H3/t9-,10+,11-,12+. The van der Waals surface area contributed by atoms with Crippen LogP contribution in [0.2, 0.25) is 0 Å². The molecule has 0 spiro atoms. The lowest BCUT2D eigenvalue weighted by Crippen LogP contribution is -2.47. The summed E-state index contributed by atoms with van der Waals surface area (Å²) < 4.78 is 13.3. The SMILES string of the molecule is C[C@@H]1CN(C(=S)SSC(=S)N2C[C@@H](C)O[C@@H](C)C2)C[C@H](C)O1. The summed E-state index contributed by atoms with van der Waals surface area (Å²) in [6, 6.07) is 0. The Morgan fingerprint density at radius 2 is 1.00 bits per heavy atom. The van der Waals surface area contributed by atoms with Crippen molar-refractivity contribution in [1.82, 2.24) is 9.80 Å². The lowest BCUT2D eigenvalue weighted by molar-refractivity contribution is -0.0468. The molecular formula is C14H24N2O2S4. The third kappa shape index (κ3) is 5.49. The molecule has 22 heavy (non-hydrogen) atoms. The summed E-state index contributed by atoms with van der Waals surface area (Å²) in [5.41, 5.74) is 0. The van der Waals surface area contributed by atoms with E-state index in [0.717, 1.165) is 34.8 Å². The predicted octanol–water partition coefficient (Wildman–Crippen LogP) is 3.16. The van der Waals surface area contributed by atoms with Crippen molar-refractivity contribution in [3.63, 3.8) is 0 Å². The molecule has 0 amide bonds. The molecule has 2 rings (SSSR count). The van der Waals surface area contributed by atoms with Crippen LogP contribution in [0.25, 0.3) is 0 Å². The zero-order valence-electron chi connectivity index (χ0n) is 13.5. The van der Waals surface area contributed by atoms with E-state index in [1.165, 1.54) is 0 Å². The van der Waals surface area contributed by atoms with E-state index >= 15 is 0 Å². The van der Waals surface area contributed by atoms with Gasteiger partial charge in [0.25, 0.3) is 0 Å². The first-order chi connectivity index (χ1) is 10.3. The molecule has 0 N–H and O–H groups in total. The van der Waals surface area contributed by atoms with Gasteiger partial charge in [-0.1, -0.05) is 24.4 Å². The fourth-order valence-corrected chi connectivity index (χ4v) is 5.45. The molecule has 2 fully saturated rings. The topological polar surface area (TPSA) is 24.9 Å². The Morgan fingerprint density at radius 3 is 1.27 bits per heavy atom. The summed E-state index contributed by atoms with van der Waals surface area (Å²) >= 11 is 11.1. The van der Waals surface area contributed by atoms with Gasteiger partial charge in [0.2, 0.25) is 0 Å². The van der Waals surface area contributed by atoms with Crippen molar-refractivity contribution < 1.29 is 9.47 Å². The number of nitrogens with zero attached hydrogens (tertiary/aromatic N) is 2. The van der Waals surface area contributed by atoms with Gasteiger partial charge in [0, 0.05) is 26.2 Å². The molecule has 2 saturated heterocycles. The molecule has 126 valence electrons. The molecule has 4 atom stereocenters. The summed E-state index contributed by atoms with van der Waals surface area (Å²) in [6.07, 6.45) is 0.890. The van der Waals surface area contributed by atoms with E-state index < -0.39 is 0 Å². The van der Waals surface area contributed by atoms with Gasteiger partial charge in [-0.05, 0) is 49.3 Å². The quantitative estimate of drug-likeness (QED) is 0.467. The molecule has 0 aromatic rings. The van der Waals surface area contributed by atoms with Crippen LogP contribution in [-0.2, 0) is 9.47 Å². The Hall–Kier alpha value is 0.400. The first-order valence-corrected chi connectivity index (χ1v) is 10.5. The van der Waals surface area contributed by atoms with E-state index in [-0.39, 0.29) is 24.4 Å². The Morgan fingerprint density at radius 1 is 0.727 bits per heavy atom. The summed E-state index contributed by atoms with van der Waals surface area (Å²) in [6.45, 7) is 11.8. The molecule has 2 aliphatic rings. The Labute approximate surface area is 152 Å². The van der Waals surface area contributed by atoms with Gasteiger partial charge in [-0.15, -0.1) is 0 Å². The van der Waals surface area contributed by atoms with E-state index in [1.807, 2.05) is 0 Å². The predicted molar refractivity (Wildman–Crippen MR) is 104 cm³/mol. The van der Waals surface area contributed by atoms with Crippen LogP contribution in [0.5, 0.6) is 0 Å². The summed E-state index contributed by atoms with van der Waals surface area (Å²) in [5, 5.41) is 0. The van der Waals surface area contributed by atoms with E-state index in [9.17, 15) is 0 Å². The van der Waals surface area contributed by atoms with E-state index in [2.05, 4.69) is 37.5 Å². The van der Waals surface area contributed by atoms with Gasteiger partial charge in [0.1, 0.15) is 8.64 Å². The number of ether oxygens (including phenoxy) is 2. The van der Waals surface area contributed by atoms with E-state index in [4.69, 9.17) is 33.9 Å². The highest BCUT2D eigenvalue weighted by molar-refractivity contribution is 8.89. The van der Waals surface area contributed by atoms with Crippen molar-refractivity contribution in [2.24, 2.45) is 0 Å². The fourth-order valence-electron chi connectivity index (χ4n) is 2.83. The number of rotatable bonds is 0. The summed E-state index contributed by atoms with van der Waals surface area (Å²) in [5.74, 6) is 0. The second-order valence-electron chi connectivity index (χ2n) is 6.02. The zero-order valence-corrected chi connectivity index (χ0v) is 16.7. The van der Waals surface area contributed by atoms with Crippen molar-refractivity contribution in [1.29, 1.82) is 0 Å². The van der Waals surface area contributed by atoms with Gasteiger partial charge >= 0.3 is 0 Å². The molecule has 2 aliphatic heterocycles. The maximum Gasteiger partial charge on any atom is 0.147 e. The van der Waals surface area contributed by atoms with E-state index in [0.29, 0.717) is 0 Å². The molecule has 0 aliphatic carbocycles. The average Bonchev–Trinajstić information content (AvgIpc) is 2.42. The molecular weight excluding hydrogens is 356 g/mol. The van der Waals surface area contributed by atoms with Crippen LogP contribution in [0, 0.1) is 0 Å². The zero-order chi connectivity index (χ0) is 16.3. The highest BCUT2D eigenvalue weighted by Gasteiger charge is 2.27. The maximum absolute atomic E-state index is 5.75. The highest BCUT2D eigenvalue weighted by atomic mass is 33.1. The smallest absolute Gasteiger partial charge is 0.147 e. The second-order valence-corrected chi connectivity index (χ2v) is 9.42.